The molecule has 7 heteroatoms. The summed E-state index contributed by atoms with van der Waals surface area (Å²) < 4.78 is 4.77. The van der Waals surface area contributed by atoms with E-state index < -0.39 is 5.97 Å². The topological polar surface area (TPSA) is 104 Å². The van der Waals surface area contributed by atoms with Crippen molar-refractivity contribution in [2.45, 2.75) is 6.92 Å². The minimum absolute atomic E-state index is 0.000546. The summed E-state index contributed by atoms with van der Waals surface area (Å²) in [4.78, 5) is 29.1. The minimum atomic E-state index is -1.00. The molecular weight excluding hydrogens is 250 g/mol. The molecule has 0 saturated carbocycles. The summed E-state index contributed by atoms with van der Waals surface area (Å²) >= 11 is 0. The summed E-state index contributed by atoms with van der Waals surface area (Å²) in [5.41, 5.74) is 1.38. The fraction of sp³-hybridized carbons (Fsp3) is 0.250. The second kappa shape index (κ2) is 5.38. The van der Waals surface area contributed by atoms with E-state index in [2.05, 4.69) is 15.3 Å². The number of carboxylic acids is 1. The van der Waals surface area contributed by atoms with Gasteiger partial charge in [-0.15, -0.1) is 0 Å². The van der Waals surface area contributed by atoms with Crippen LogP contribution in [0.2, 0.25) is 0 Å². The van der Waals surface area contributed by atoms with Crippen LogP contribution in [0.25, 0.3) is 11.0 Å². The number of anilines is 1. The van der Waals surface area contributed by atoms with Gasteiger partial charge in [-0.3, -0.25) is 4.79 Å². The van der Waals surface area contributed by atoms with Crippen molar-refractivity contribution in [1.29, 1.82) is 0 Å². The molecule has 0 aliphatic rings. The molecule has 0 fully saturated rings. The lowest BCUT2D eigenvalue weighted by atomic mass is 10.2. The van der Waals surface area contributed by atoms with Crippen molar-refractivity contribution in [3.05, 3.63) is 23.8 Å². The fourth-order valence-corrected chi connectivity index (χ4v) is 1.59. The van der Waals surface area contributed by atoms with Crippen molar-refractivity contribution in [2.24, 2.45) is 0 Å². The number of carbonyl (C=O) groups is 2. The monoisotopic (exact) mass is 263 g/mol. The van der Waals surface area contributed by atoms with E-state index in [1.54, 1.807) is 13.0 Å². The quantitative estimate of drug-likeness (QED) is 0.701. The number of benzene rings is 1. The van der Waals surface area contributed by atoms with Crippen LogP contribution in [0.1, 0.15) is 17.3 Å². The molecule has 2 rings (SSSR count). The summed E-state index contributed by atoms with van der Waals surface area (Å²) in [7, 11) is 0. The molecule has 0 aliphatic carbocycles. The van der Waals surface area contributed by atoms with Gasteiger partial charge in [0.2, 0.25) is 5.95 Å². The Morgan fingerprint density at radius 2 is 2.26 bits per heavy atom. The number of nitrogens with one attached hydrogen (secondary N) is 2. The number of carboxylic acid groups (broad SMARTS) is 1. The molecule has 0 aliphatic heterocycles. The summed E-state index contributed by atoms with van der Waals surface area (Å²) in [6.07, 6.45) is 0. The number of H-pyrrole nitrogens is 1. The van der Waals surface area contributed by atoms with Gasteiger partial charge in [-0.05, 0) is 25.1 Å². The van der Waals surface area contributed by atoms with Crippen LogP contribution in [0, 0.1) is 0 Å². The van der Waals surface area contributed by atoms with Crippen LogP contribution in [-0.2, 0) is 9.53 Å². The maximum Gasteiger partial charge on any atom is 0.335 e. The second-order valence-electron chi connectivity index (χ2n) is 3.78. The van der Waals surface area contributed by atoms with Crippen LogP contribution in [0.3, 0.4) is 0 Å². The van der Waals surface area contributed by atoms with E-state index in [9.17, 15) is 9.59 Å². The number of aromatic nitrogens is 2. The van der Waals surface area contributed by atoms with Crippen molar-refractivity contribution in [2.75, 3.05) is 18.5 Å². The molecule has 0 spiro atoms. The standard InChI is InChI=1S/C12H13N3O4/c1-2-19-10(16)6-13-12-14-8-4-3-7(11(17)18)5-9(8)15-12/h3-5H,2,6H2,1H3,(H,17,18)(H2,13,14,15). The number of carbonyl (C=O) groups excluding carboxylic acids is 1. The summed E-state index contributed by atoms with van der Waals surface area (Å²) in [6.45, 7) is 2.05. The number of aromatic amines is 1. The average molecular weight is 263 g/mol. The molecule has 0 bridgehead atoms. The van der Waals surface area contributed by atoms with Crippen molar-refractivity contribution >= 4 is 28.9 Å². The zero-order chi connectivity index (χ0) is 13.8. The van der Waals surface area contributed by atoms with E-state index in [4.69, 9.17) is 9.84 Å². The number of aromatic carboxylic acids is 1. The Labute approximate surface area is 108 Å². The highest BCUT2D eigenvalue weighted by Crippen LogP contribution is 2.16. The number of hydrogen-bond acceptors (Lipinski definition) is 5. The Morgan fingerprint density at radius 3 is 2.95 bits per heavy atom. The van der Waals surface area contributed by atoms with Crippen molar-refractivity contribution in [1.82, 2.24) is 9.97 Å². The number of fused-ring (bicyclic) bond motifs is 1. The van der Waals surface area contributed by atoms with Gasteiger partial charge in [-0.2, -0.15) is 0 Å². The van der Waals surface area contributed by atoms with Crippen LogP contribution in [0.15, 0.2) is 18.2 Å². The zero-order valence-electron chi connectivity index (χ0n) is 10.3. The highest BCUT2D eigenvalue weighted by molar-refractivity contribution is 5.92. The normalized spacial score (nSPS) is 10.4. The van der Waals surface area contributed by atoms with E-state index in [0.29, 0.717) is 23.6 Å². The van der Waals surface area contributed by atoms with Gasteiger partial charge >= 0.3 is 11.9 Å². The third-order valence-corrected chi connectivity index (χ3v) is 2.43. The molecule has 0 amide bonds. The first-order chi connectivity index (χ1) is 9.10. The molecule has 7 nitrogen and oxygen atoms in total. The molecule has 19 heavy (non-hydrogen) atoms. The predicted octanol–water partition coefficient (Wildman–Crippen LogP) is 1.24. The predicted molar refractivity (Wildman–Crippen MR) is 68.2 cm³/mol. The number of ether oxygens (including phenoxy) is 1. The Morgan fingerprint density at radius 1 is 1.47 bits per heavy atom. The van der Waals surface area contributed by atoms with E-state index in [-0.39, 0.29) is 18.1 Å². The third kappa shape index (κ3) is 3.01. The second-order valence-corrected chi connectivity index (χ2v) is 3.78. The van der Waals surface area contributed by atoms with Gasteiger partial charge in [0.1, 0.15) is 6.54 Å². The lowest BCUT2D eigenvalue weighted by Crippen LogP contribution is -2.17. The Hall–Kier alpha value is -2.57. The summed E-state index contributed by atoms with van der Waals surface area (Å²) in [5, 5.41) is 11.7. The van der Waals surface area contributed by atoms with Crippen LogP contribution in [0.5, 0.6) is 0 Å². The maximum absolute atomic E-state index is 11.2. The number of nitrogens with zero attached hydrogens (tertiary/aromatic N) is 1. The van der Waals surface area contributed by atoms with E-state index in [1.807, 2.05) is 0 Å². The highest BCUT2D eigenvalue weighted by Gasteiger charge is 2.08. The molecule has 100 valence electrons. The van der Waals surface area contributed by atoms with Crippen LogP contribution in [-0.4, -0.2) is 40.2 Å². The summed E-state index contributed by atoms with van der Waals surface area (Å²) in [6, 6.07) is 4.56. The van der Waals surface area contributed by atoms with Gasteiger partial charge in [0.25, 0.3) is 0 Å². The van der Waals surface area contributed by atoms with E-state index >= 15 is 0 Å². The average Bonchev–Trinajstić information content (AvgIpc) is 2.78. The molecular formula is C12H13N3O4. The van der Waals surface area contributed by atoms with Crippen LogP contribution >= 0.6 is 0 Å². The molecule has 1 heterocycles. The van der Waals surface area contributed by atoms with Crippen molar-refractivity contribution in [3.63, 3.8) is 0 Å². The van der Waals surface area contributed by atoms with Gasteiger partial charge in [0, 0.05) is 0 Å². The number of rotatable bonds is 5. The first-order valence-electron chi connectivity index (χ1n) is 5.72. The van der Waals surface area contributed by atoms with Crippen LogP contribution in [0.4, 0.5) is 5.95 Å². The number of hydrogen-bond donors (Lipinski definition) is 3. The maximum atomic E-state index is 11.2. The molecule has 0 radical (unpaired) electrons. The van der Waals surface area contributed by atoms with Crippen molar-refractivity contribution < 1.29 is 19.4 Å². The van der Waals surface area contributed by atoms with Gasteiger partial charge in [-0.25, -0.2) is 9.78 Å². The number of esters is 1. The highest BCUT2D eigenvalue weighted by atomic mass is 16.5. The van der Waals surface area contributed by atoms with E-state index in [0.717, 1.165) is 0 Å². The van der Waals surface area contributed by atoms with Gasteiger partial charge in [0.15, 0.2) is 0 Å². The van der Waals surface area contributed by atoms with E-state index in [1.165, 1.54) is 12.1 Å². The number of imidazole rings is 1. The first kappa shape index (κ1) is 12.9. The molecule has 1 aromatic carbocycles. The fourth-order valence-electron chi connectivity index (χ4n) is 1.59. The third-order valence-electron chi connectivity index (χ3n) is 2.43. The molecule has 0 saturated heterocycles. The first-order valence-corrected chi connectivity index (χ1v) is 5.72. The van der Waals surface area contributed by atoms with Crippen molar-refractivity contribution in [3.8, 4) is 0 Å². The molecule has 2 aromatic rings. The minimum Gasteiger partial charge on any atom is -0.478 e. The Kier molecular flexibility index (Phi) is 3.65. The molecule has 1 aromatic heterocycles. The lowest BCUT2D eigenvalue weighted by molar-refractivity contribution is -0.140. The SMILES string of the molecule is CCOC(=O)CNc1nc2ccc(C(=O)O)cc2[nH]1. The molecule has 3 N–H and O–H groups in total. The van der Waals surface area contributed by atoms with Gasteiger partial charge < -0.3 is 20.1 Å². The Balaban J connectivity index is 2.13. The van der Waals surface area contributed by atoms with Gasteiger partial charge in [0.05, 0.1) is 23.2 Å². The Bertz CT molecular complexity index is 620. The smallest absolute Gasteiger partial charge is 0.335 e. The van der Waals surface area contributed by atoms with Gasteiger partial charge in [-0.1, -0.05) is 0 Å². The van der Waals surface area contributed by atoms with Crippen LogP contribution < -0.4 is 5.32 Å². The largest absolute Gasteiger partial charge is 0.478 e. The summed E-state index contributed by atoms with van der Waals surface area (Å²) in [5.74, 6) is -0.989. The zero-order valence-corrected chi connectivity index (χ0v) is 10.3. The lowest BCUT2D eigenvalue weighted by Gasteiger charge is -2.01. The molecule has 0 atom stereocenters. The molecule has 0 unspecified atom stereocenters.